The van der Waals surface area contributed by atoms with Gasteiger partial charge in [0.1, 0.15) is 6.61 Å². The number of unbranched alkanes of at least 4 members (excludes halogenated alkanes) is 41. The third-order valence-electron chi connectivity index (χ3n) is 12.6. The highest BCUT2D eigenvalue weighted by atomic mass is 16.6. The highest BCUT2D eigenvalue weighted by Gasteiger charge is 2.17. The Morgan fingerprint density at radius 1 is 0.300 bits per heavy atom. The number of rotatable bonds is 52. The zero-order valence-corrected chi connectivity index (χ0v) is 41.3. The van der Waals surface area contributed by atoms with Crippen LogP contribution in [0.5, 0.6) is 0 Å². The summed E-state index contributed by atoms with van der Waals surface area (Å²) >= 11 is 0. The van der Waals surface area contributed by atoms with Gasteiger partial charge in [0.15, 0.2) is 6.10 Å². The summed E-state index contributed by atoms with van der Waals surface area (Å²) < 4.78 is 17.5. The molecule has 0 bridgehead atoms. The van der Waals surface area contributed by atoms with Crippen molar-refractivity contribution in [2.45, 2.75) is 322 Å². The second-order valence-corrected chi connectivity index (χ2v) is 18.9. The molecular formula is C55H108O5. The lowest BCUT2D eigenvalue weighted by molar-refractivity contribution is -0.163. The minimum Gasteiger partial charge on any atom is -0.462 e. The average molecular weight is 849 g/mol. The van der Waals surface area contributed by atoms with Crippen molar-refractivity contribution in [3.05, 3.63) is 0 Å². The predicted octanol–water partition coefficient (Wildman–Crippen LogP) is 18.5. The van der Waals surface area contributed by atoms with E-state index in [1.165, 1.54) is 250 Å². The molecule has 358 valence electrons. The Balaban J connectivity index is 4.16. The summed E-state index contributed by atoms with van der Waals surface area (Å²) in [5.41, 5.74) is 0. The van der Waals surface area contributed by atoms with Gasteiger partial charge in [-0.05, 0) is 19.3 Å². The van der Waals surface area contributed by atoms with E-state index >= 15 is 0 Å². The van der Waals surface area contributed by atoms with Gasteiger partial charge in [-0.1, -0.05) is 284 Å². The highest BCUT2D eigenvalue weighted by molar-refractivity contribution is 5.70. The maximum atomic E-state index is 12.8. The molecule has 1 atom stereocenters. The molecule has 0 fully saturated rings. The average Bonchev–Trinajstić information content (AvgIpc) is 3.25. The van der Waals surface area contributed by atoms with Gasteiger partial charge in [-0.3, -0.25) is 9.59 Å². The van der Waals surface area contributed by atoms with Crippen molar-refractivity contribution >= 4 is 11.9 Å². The molecule has 0 spiro atoms. The van der Waals surface area contributed by atoms with Gasteiger partial charge in [-0.15, -0.1) is 0 Å². The Bertz CT molecular complexity index is 830. The number of hydrogen-bond donors (Lipinski definition) is 0. The summed E-state index contributed by atoms with van der Waals surface area (Å²) in [5, 5.41) is 0. The first kappa shape index (κ1) is 58.9. The summed E-state index contributed by atoms with van der Waals surface area (Å²) in [4.78, 5) is 25.4. The second-order valence-electron chi connectivity index (χ2n) is 18.9. The Kier molecular flexibility index (Phi) is 51.3. The molecule has 1 unspecified atom stereocenters. The van der Waals surface area contributed by atoms with Crippen molar-refractivity contribution in [1.82, 2.24) is 0 Å². The van der Waals surface area contributed by atoms with Crippen LogP contribution in [0.4, 0.5) is 0 Å². The first-order valence-electron chi connectivity index (χ1n) is 27.6. The van der Waals surface area contributed by atoms with Gasteiger partial charge in [0, 0.05) is 19.4 Å². The van der Waals surface area contributed by atoms with E-state index in [1.807, 2.05) is 0 Å². The van der Waals surface area contributed by atoms with Crippen molar-refractivity contribution in [3.63, 3.8) is 0 Å². The molecule has 0 saturated heterocycles. The number of hydrogen-bond acceptors (Lipinski definition) is 5. The van der Waals surface area contributed by atoms with Crippen molar-refractivity contribution in [1.29, 1.82) is 0 Å². The number of carbonyl (C=O) groups excluding carboxylic acids is 2. The fourth-order valence-corrected chi connectivity index (χ4v) is 8.51. The third kappa shape index (κ3) is 49.6. The smallest absolute Gasteiger partial charge is 0.306 e. The quantitative estimate of drug-likeness (QED) is 0.0451. The van der Waals surface area contributed by atoms with E-state index in [4.69, 9.17) is 14.2 Å². The fourth-order valence-electron chi connectivity index (χ4n) is 8.51. The molecule has 0 rings (SSSR count). The molecule has 5 nitrogen and oxygen atoms in total. The molecule has 0 aliphatic rings. The van der Waals surface area contributed by atoms with Gasteiger partial charge in [0.2, 0.25) is 0 Å². The van der Waals surface area contributed by atoms with Crippen molar-refractivity contribution in [3.8, 4) is 0 Å². The van der Waals surface area contributed by atoms with Crippen molar-refractivity contribution in [2.75, 3.05) is 19.8 Å². The van der Waals surface area contributed by atoms with Gasteiger partial charge in [-0.25, -0.2) is 0 Å². The van der Waals surface area contributed by atoms with Crippen LogP contribution in [-0.4, -0.2) is 37.9 Å². The SMILES string of the molecule is CCCCCCCCCCCCCCCCCCCCOCC(COC(=O)CCCCCCCCCCCCCCC)OC(=O)CCCCCCCCCCCCCCC. The maximum absolute atomic E-state index is 12.8. The molecule has 5 heteroatoms. The zero-order valence-electron chi connectivity index (χ0n) is 41.3. The maximum Gasteiger partial charge on any atom is 0.306 e. The molecule has 0 saturated carbocycles. The number of esters is 2. The lowest BCUT2D eigenvalue weighted by atomic mass is 10.0. The van der Waals surface area contributed by atoms with Crippen LogP contribution in [0.3, 0.4) is 0 Å². The molecular weight excluding hydrogens is 741 g/mol. The molecule has 0 radical (unpaired) electrons. The molecule has 0 aliphatic carbocycles. The number of ether oxygens (including phenoxy) is 3. The molecule has 0 N–H and O–H groups in total. The first-order chi connectivity index (χ1) is 29.6. The summed E-state index contributed by atoms with van der Waals surface area (Å²) in [7, 11) is 0. The largest absolute Gasteiger partial charge is 0.462 e. The lowest BCUT2D eigenvalue weighted by Crippen LogP contribution is -2.30. The van der Waals surface area contributed by atoms with Crippen molar-refractivity contribution < 1.29 is 23.8 Å². The number of carbonyl (C=O) groups is 2. The standard InChI is InChI=1S/C55H108O5/c1-4-7-10-13-16-19-22-25-26-27-28-29-32-35-38-41-44-47-50-58-51-53(60-55(57)49-46-43-40-37-34-31-24-21-18-15-12-9-6-3)52-59-54(56)48-45-42-39-36-33-30-23-20-17-14-11-8-5-2/h53H,4-52H2,1-3H3. The van der Waals surface area contributed by atoms with Crippen LogP contribution in [0.2, 0.25) is 0 Å². The predicted molar refractivity (Wildman–Crippen MR) is 261 cm³/mol. The normalized spacial score (nSPS) is 12.0. The molecule has 0 heterocycles. The van der Waals surface area contributed by atoms with Gasteiger partial charge < -0.3 is 14.2 Å². The Morgan fingerprint density at radius 2 is 0.550 bits per heavy atom. The van der Waals surface area contributed by atoms with Crippen LogP contribution in [0.15, 0.2) is 0 Å². The first-order valence-corrected chi connectivity index (χ1v) is 27.6. The Hall–Kier alpha value is -1.10. The van der Waals surface area contributed by atoms with E-state index in [2.05, 4.69) is 20.8 Å². The van der Waals surface area contributed by atoms with E-state index in [-0.39, 0.29) is 18.5 Å². The minimum atomic E-state index is -0.523. The second kappa shape index (κ2) is 52.2. The van der Waals surface area contributed by atoms with E-state index < -0.39 is 6.10 Å². The van der Waals surface area contributed by atoms with Crippen molar-refractivity contribution in [2.24, 2.45) is 0 Å². The molecule has 0 aromatic rings. The monoisotopic (exact) mass is 849 g/mol. The van der Waals surface area contributed by atoms with E-state index in [0.29, 0.717) is 26.1 Å². The molecule has 0 aromatic heterocycles. The van der Waals surface area contributed by atoms with E-state index in [0.717, 1.165) is 32.1 Å². The van der Waals surface area contributed by atoms with Crippen LogP contribution >= 0.6 is 0 Å². The van der Waals surface area contributed by atoms with Crippen LogP contribution in [0, 0.1) is 0 Å². The Morgan fingerprint density at radius 3 is 0.850 bits per heavy atom. The molecule has 0 aliphatic heterocycles. The van der Waals surface area contributed by atoms with Gasteiger partial charge in [-0.2, -0.15) is 0 Å². The van der Waals surface area contributed by atoms with Crippen LogP contribution in [-0.2, 0) is 23.8 Å². The summed E-state index contributed by atoms with van der Waals surface area (Å²) in [5.74, 6) is -0.369. The minimum absolute atomic E-state index is 0.0980. The highest BCUT2D eigenvalue weighted by Crippen LogP contribution is 2.17. The van der Waals surface area contributed by atoms with E-state index in [1.54, 1.807) is 0 Å². The zero-order chi connectivity index (χ0) is 43.5. The van der Waals surface area contributed by atoms with Gasteiger partial charge in [0.05, 0.1) is 6.61 Å². The molecule has 0 amide bonds. The summed E-state index contributed by atoms with van der Waals surface area (Å²) in [6.45, 7) is 7.91. The molecule has 0 aromatic carbocycles. The van der Waals surface area contributed by atoms with Crippen LogP contribution in [0.1, 0.15) is 316 Å². The summed E-state index contributed by atoms with van der Waals surface area (Å²) in [6.07, 6.45) is 58.3. The summed E-state index contributed by atoms with van der Waals surface area (Å²) in [6, 6.07) is 0. The van der Waals surface area contributed by atoms with Gasteiger partial charge in [0.25, 0.3) is 0 Å². The topological polar surface area (TPSA) is 61.8 Å². The molecule has 60 heavy (non-hydrogen) atoms. The van der Waals surface area contributed by atoms with Crippen LogP contribution in [0.25, 0.3) is 0 Å². The van der Waals surface area contributed by atoms with Crippen LogP contribution < -0.4 is 0 Å². The van der Waals surface area contributed by atoms with E-state index in [9.17, 15) is 9.59 Å². The third-order valence-corrected chi connectivity index (χ3v) is 12.6. The lowest BCUT2D eigenvalue weighted by Gasteiger charge is -2.18. The Labute approximate surface area is 376 Å². The fraction of sp³-hybridized carbons (Fsp3) is 0.964. The van der Waals surface area contributed by atoms with Gasteiger partial charge >= 0.3 is 11.9 Å².